The van der Waals surface area contributed by atoms with Crippen LogP contribution in [-0.2, 0) is 9.59 Å². The third kappa shape index (κ3) is 6.39. The highest BCUT2D eigenvalue weighted by Gasteiger charge is 2.12. The molecule has 0 aliphatic rings. The van der Waals surface area contributed by atoms with E-state index in [2.05, 4.69) is 22.8 Å². The summed E-state index contributed by atoms with van der Waals surface area (Å²) in [5, 5.41) is 6.31. The molecule has 2 amide bonds. The maximum absolute atomic E-state index is 11.8. The van der Waals surface area contributed by atoms with Gasteiger partial charge in [-0.2, -0.15) is 5.10 Å². The summed E-state index contributed by atoms with van der Waals surface area (Å²) in [6, 6.07) is 14.5. The number of nitrogens with one attached hydrogen (secondary N) is 2. The van der Waals surface area contributed by atoms with Gasteiger partial charge in [-0.05, 0) is 55.3 Å². The molecule has 2 aromatic carbocycles. The van der Waals surface area contributed by atoms with Gasteiger partial charge in [-0.3, -0.25) is 9.59 Å². The van der Waals surface area contributed by atoms with Gasteiger partial charge in [0.2, 0.25) is 0 Å². The van der Waals surface area contributed by atoms with Crippen LogP contribution >= 0.6 is 0 Å². The summed E-state index contributed by atoms with van der Waals surface area (Å²) in [4.78, 5) is 23.5. The Labute approximate surface area is 153 Å². The van der Waals surface area contributed by atoms with E-state index in [1.165, 1.54) is 6.21 Å². The zero-order valence-electron chi connectivity index (χ0n) is 15.0. The van der Waals surface area contributed by atoms with Crippen molar-refractivity contribution >= 4 is 23.7 Å². The van der Waals surface area contributed by atoms with Crippen LogP contribution in [0.2, 0.25) is 0 Å². The van der Waals surface area contributed by atoms with Crippen LogP contribution < -0.4 is 15.5 Å². The second-order valence-corrected chi connectivity index (χ2v) is 5.79. The fraction of sp³-hybridized carbons (Fsp3) is 0.250. The van der Waals surface area contributed by atoms with Crippen molar-refractivity contribution in [1.82, 2.24) is 5.43 Å². The Morgan fingerprint density at radius 1 is 1.04 bits per heavy atom. The van der Waals surface area contributed by atoms with Crippen molar-refractivity contribution in [2.24, 2.45) is 5.10 Å². The molecule has 136 valence electrons. The molecule has 6 nitrogen and oxygen atoms in total. The number of unbranched alkanes of at least 4 members (excludes halogenated alkanes) is 1. The third-order valence-electron chi connectivity index (χ3n) is 3.54. The zero-order chi connectivity index (χ0) is 18.8. The largest absolute Gasteiger partial charge is 0.494 e. The van der Waals surface area contributed by atoms with Gasteiger partial charge >= 0.3 is 11.8 Å². The smallest absolute Gasteiger partial charge is 0.329 e. The highest BCUT2D eigenvalue weighted by Crippen LogP contribution is 2.11. The molecule has 26 heavy (non-hydrogen) atoms. The van der Waals surface area contributed by atoms with Gasteiger partial charge in [0.15, 0.2) is 0 Å². The lowest BCUT2D eigenvalue weighted by atomic mass is 10.2. The van der Waals surface area contributed by atoms with Crippen LogP contribution in [-0.4, -0.2) is 24.6 Å². The zero-order valence-corrected chi connectivity index (χ0v) is 15.0. The van der Waals surface area contributed by atoms with Gasteiger partial charge in [0.25, 0.3) is 0 Å². The lowest BCUT2D eigenvalue weighted by molar-refractivity contribution is -0.136. The Hall–Kier alpha value is -3.15. The number of rotatable bonds is 7. The van der Waals surface area contributed by atoms with Gasteiger partial charge in [-0.15, -0.1) is 0 Å². The average molecular weight is 353 g/mol. The predicted molar refractivity (Wildman–Crippen MR) is 102 cm³/mol. The Bertz CT molecular complexity index is 753. The number of hydrazone groups is 1. The molecule has 0 bridgehead atoms. The molecule has 0 heterocycles. The van der Waals surface area contributed by atoms with E-state index in [1.54, 1.807) is 12.1 Å². The number of hydrogen-bond acceptors (Lipinski definition) is 4. The maximum atomic E-state index is 11.8. The lowest BCUT2D eigenvalue weighted by Gasteiger charge is -2.05. The minimum atomic E-state index is -0.832. The molecule has 0 unspecified atom stereocenters. The monoisotopic (exact) mass is 353 g/mol. The van der Waals surface area contributed by atoms with Crippen LogP contribution in [0.4, 0.5) is 5.69 Å². The van der Waals surface area contributed by atoms with E-state index >= 15 is 0 Å². The van der Waals surface area contributed by atoms with Crippen LogP contribution in [0.3, 0.4) is 0 Å². The first-order valence-electron chi connectivity index (χ1n) is 8.52. The molecule has 0 saturated heterocycles. The average Bonchev–Trinajstić information content (AvgIpc) is 2.65. The summed E-state index contributed by atoms with van der Waals surface area (Å²) in [5.74, 6) is -0.816. The molecular formula is C20H23N3O3. The third-order valence-corrected chi connectivity index (χ3v) is 3.54. The molecule has 0 radical (unpaired) electrons. The van der Waals surface area contributed by atoms with Crippen LogP contribution in [0.5, 0.6) is 5.75 Å². The quantitative estimate of drug-likeness (QED) is 0.347. The standard InChI is InChI=1S/C20H23N3O3/c1-3-4-13-26-18-11-7-16(8-12-18)14-21-23-20(25)19(24)22-17-9-5-15(2)6-10-17/h5-12,14H,3-4,13H2,1-2H3,(H,22,24)(H,23,25)/b21-14+. The number of aryl methyl sites for hydroxylation is 1. The van der Waals surface area contributed by atoms with Crippen LogP contribution in [0.1, 0.15) is 30.9 Å². The number of benzene rings is 2. The molecule has 0 fully saturated rings. The summed E-state index contributed by atoms with van der Waals surface area (Å²) in [6.07, 6.45) is 3.56. The number of hydrogen-bond donors (Lipinski definition) is 2. The number of carbonyl (C=O) groups excluding carboxylic acids is 2. The van der Waals surface area contributed by atoms with Crippen molar-refractivity contribution in [3.63, 3.8) is 0 Å². The van der Waals surface area contributed by atoms with Gasteiger partial charge in [-0.1, -0.05) is 31.0 Å². The highest BCUT2D eigenvalue weighted by molar-refractivity contribution is 6.39. The van der Waals surface area contributed by atoms with Gasteiger partial charge in [0.05, 0.1) is 12.8 Å². The summed E-state index contributed by atoms with van der Waals surface area (Å²) in [6.45, 7) is 4.74. The second-order valence-electron chi connectivity index (χ2n) is 5.79. The van der Waals surface area contributed by atoms with Crippen LogP contribution in [0.15, 0.2) is 53.6 Å². The molecule has 0 spiro atoms. The summed E-state index contributed by atoms with van der Waals surface area (Å²) < 4.78 is 5.57. The summed E-state index contributed by atoms with van der Waals surface area (Å²) >= 11 is 0. The fourth-order valence-electron chi connectivity index (χ4n) is 2.03. The van der Waals surface area contributed by atoms with E-state index < -0.39 is 11.8 Å². The topological polar surface area (TPSA) is 79.8 Å². The van der Waals surface area contributed by atoms with Crippen LogP contribution in [0.25, 0.3) is 0 Å². The molecule has 2 aromatic rings. The molecule has 0 atom stereocenters. The van der Waals surface area contributed by atoms with Crippen molar-refractivity contribution in [2.75, 3.05) is 11.9 Å². The second kappa shape index (κ2) is 9.98. The Morgan fingerprint density at radius 2 is 1.73 bits per heavy atom. The molecule has 0 aromatic heterocycles. The van der Waals surface area contributed by atoms with Crippen molar-refractivity contribution in [2.45, 2.75) is 26.7 Å². The van der Waals surface area contributed by atoms with E-state index in [4.69, 9.17) is 4.74 Å². The number of ether oxygens (including phenoxy) is 1. The molecule has 0 aliphatic heterocycles. The SMILES string of the molecule is CCCCOc1ccc(/C=N/NC(=O)C(=O)Nc2ccc(C)cc2)cc1. The van der Waals surface area contributed by atoms with Crippen molar-refractivity contribution in [3.05, 3.63) is 59.7 Å². The minimum absolute atomic E-state index is 0.554. The van der Waals surface area contributed by atoms with Crippen molar-refractivity contribution in [1.29, 1.82) is 0 Å². The molecule has 6 heteroatoms. The van der Waals surface area contributed by atoms with E-state index in [0.29, 0.717) is 12.3 Å². The Morgan fingerprint density at radius 3 is 2.38 bits per heavy atom. The molecule has 2 N–H and O–H groups in total. The number of carbonyl (C=O) groups is 2. The highest BCUT2D eigenvalue weighted by atomic mass is 16.5. The summed E-state index contributed by atoms with van der Waals surface area (Å²) in [5.41, 5.74) is 4.61. The van der Waals surface area contributed by atoms with Gasteiger partial charge in [0.1, 0.15) is 5.75 Å². The first-order valence-corrected chi connectivity index (χ1v) is 8.52. The Balaban J connectivity index is 1.80. The van der Waals surface area contributed by atoms with E-state index in [-0.39, 0.29) is 0 Å². The lowest BCUT2D eigenvalue weighted by Crippen LogP contribution is -2.32. The van der Waals surface area contributed by atoms with E-state index in [1.807, 2.05) is 43.3 Å². The Kier molecular flexibility index (Phi) is 7.36. The van der Waals surface area contributed by atoms with E-state index in [0.717, 1.165) is 29.7 Å². The van der Waals surface area contributed by atoms with E-state index in [9.17, 15) is 9.59 Å². The number of anilines is 1. The number of nitrogens with zero attached hydrogens (tertiary/aromatic N) is 1. The van der Waals surface area contributed by atoms with Gasteiger partial charge in [0, 0.05) is 5.69 Å². The van der Waals surface area contributed by atoms with Gasteiger partial charge < -0.3 is 10.1 Å². The molecule has 0 aliphatic carbocycles. The minimum Gasteiger partial charge on any atom is -0.494 e. The molecule has 2 rings (SSSR count). The molecule has 0 saturated carbocycles. The first kappa shape index (κ1) is 19.2. The first-order chi connectivity index (χ1) is 12.6. The van der Waals surface area contributed by atoms with Crippen molar-refractivity contribution < 1.29 is 14.3 Å². The van der Waals surface area contributed by atoms with Crippen molar-refractivity contribution in [3.8, 4) is 5.75 Å². The number of amides is 2. The van der Waals surface area contributed by atoms with Crippen LogP contribution in [0, 0.1) is 6.92 Å². The fourth-order valence-corrected chi connectivity index (χ4v) is 2.03. The summed E-state index contributed by atoms with van der Waals surface area (Å²) in [7, 11) is 0. The normalized spacial score (nSPS) is 10.5. The van der Waals surface area contributed by atoms with Gasteiger partial charge in [-0.25, -0.2) is 5.43 Å². The maximum Gasteiger partial charge on any atom is 0.329 e. The predicted octanol–water partition coefficient (Wildman–Crippen LogP) is 3.26. The molecular weight excluding hydrogens is 330 g/mol.